The number of aliphatic hydroxyl groups is 1. The van der Waals surface area contributed by atoms with Crippen LogP contribution < -0.4 is 10.5 Å². The van der Waals surface area contributed by atoms with E-state index in [1.165, 1.54) is 6.20 Å². The first-order chi connectivity index (χ1) is 11.9. The van der Waals surface area contributed by atoms with Crippen molar-refractivity contribution in [1.29, 1.82) is 0 Å². The molecule has 0 spiro atoms. The number of hydrogen-bond acceptors (Lipinski definition) is 6. The zero-order chi connectivity index (χ0) is 17.9. The number of sulfonamides is 1. The lowest BCUT2D eigenvalue weighted by Crippen LogP contribution is -2.12. The summed E-state index contributed by atoms with van der Waals surface area (Å²) in [4.78, 5) is 3.94. The molecule has 1 atom stereocenters. The lowest BCUT2D eigenvalue weighted by atomic mass is 10.0. The molecule has 0 radical (unpaired) electrons. The molecule has 0 aliphatic heterocycles. The minimum absolute atomic E-state index is 0.0169. The van der Waals surface area contributed by atoms with Gasteiger partial charge in [-0.05, 0) is 16.7 Å². The van der Waals surface area contributed by atoms with Crippen LogP contribution in [0.3, 0.4) is 0 Å². The van der Waals surface area contributed by atoms with Gasteiger partial charge in [-0.1, -0.05) is 65.9 Å². The fourth-order valence-electron chi connectivity index (χ4n) is 2.30. The standard InChI is InChI=1S/C17H17N3O3S2/c18-25(22,23)16-11-20-17(24-16)19-10-15(21)14-8-6-13(7-9-14)12-4-2-1-3-5-12/h1-9,11,15,21H,10H2,(H,19,20)(H2,18,22,23). The van der Waals surface area contributed by atoms with E-state index in [-0.39, 0.29) is 10.8 Å². The highest BCUT2D eigenvalue weighted by Crippen LogP contribution is 2.24. The molecule has 0 bridgehead atoms. The van der Waals surface area contributed by atoms with Crippen LogP contribution in [0, 0.1) is 0 Å². The zero-order valence-electron chi connectivity index (χ0n) is 13.2. The van der Waals surface area contributed by atoms with E-state index >= 15 is 0 Å². The van der Waals surface area contributed by atoms with Crippen molar-refractivity contribution in [3.8, 4) is 11.1 Å². The number of benzene rings is 2. The van der Waals surface area contributed by atoms with Crippen LogP contribution in [-0.4, -0.2) is 25.1 Å². The van der Waals surface area contributed by atoms with Crippen molar-refractivity contribution in [3.05, 3.63) is 66.4 Å². The summed E-state index contributed by atoms with van der Waals surface area (Å²) in [7, 11) is -3.75. The summed E-state index contributed by atoms with van der Waals surface area (Å²) in [5, 5.41) is 18.6. The van der Waals surface area contributed by atoms with Gasteiger partial charge < -0.3 is 10.4 Å². The molecule has 0 aliphatic rings. The van der Waals surface area contributed by atoms with Crippen LogP contribution in [0.25, 0.3) is 11.1 Å². The molecular formula is C17H17N3O3S2. The van der Waals surface area contributed by atoms with Gasteiger partial charge in [-0.3, -0.25) is 0 Å². The zero-order valence-corrected chi connectivity index (χ0v) is 14.8. The maximum absolute atomic E-state index is 11.2. The van der Waals surface area contributed by atoms with E-state index in [9.17, 15) is 13.5 Å². The first kappa shape index (κ1) is 17.6. The first-order valence-electron chi connectivity index (χ1n) is 7.49. The number of nitrogens with two attached hydrogens (primary N) is 1. The highest BCUT2D eigenvalue weighted by molar-refractivity contribution is 7.91. The average Bonchev–Trinajstić information content (AvgIpc) is 3.10. The number of aliphatic hydroxyl groups excluding tert-OH is 1. The summed E-state index contributed by atoms with van der Waals surface area (Å²) in [6.07, 6.45) is 0.454. The minimum Gasteiger partial charge on any atom is -0.387 e. The van der Waals surface area contributed by atoms with Crippen molar-refractivity contribution >= 4 is 26.5 Å². The van der Waals surface area contributed by atoms with Crippen molar-refractivity contribution in [1.82, 2.24) is 4.98 Å². The third-order valence-electron chi connectivity index (χ3n) is 3.61. The Morgan fingerprint density at radius 3 is 2.32 bits per heavy atom. The molecule has 0 aliphatic carbocycles. The summed E-state index contributed by atoms with van der Waals surface area (Å²) < 4.78 is 22.4. The second kappa shape index (κ2) is 7.32. The summed E-state index contributed by atoms with van der Waals surface area (Å²) in [6, 6.07) is 17.6. The Hall–Kier alpha value is -2.26. The molecule has 6 nitrogen and oxygen atoms in total. The smallest absolute Gasteiger partial charge is 0.249 e. The van der Waals surface area contributed by atoms with E-state index in [0.717, 1.165) is 28.0 Å². The van der Waals surface area contributed by atoms with E-state index in [0.29, 0.717) is 5.13 Å². The van der Waals surface area contributed by atoms with E-state index in [1.807, 2.05) is 54.6 Å². The largest absolute Gasteiger partial charge is 0.387 e. The Kier molecular flexibility index (Phi) is 5.14. The topological polar surface area (TPSA) is 105 Å². The maximum atomic E-state index is 11.2. The lowest BCUT2D eigenvalue weighted by Gasteiger charge is -2.12. The van der Waals surface area contributed by atoms with E-state index in [2.05, 4.69) is 10.3 Å². The molecule has 0 fully saturated rings. The molecule has 1 unspecified atom stereocenters. The van der Waals surface area contributed by atoms with Crippen LogP contribution in [-0.2, 0) is 10.0 Å². The fraction of sp³-hybridized carbons (Fsp3) is 0.118. The second-order valence-corrected chi connectivity index (χ2v) is 8.23. The molecule has 8 heteroatoms. The number of anilines is 1. The average molecular weight is 375 g/mol. The SMILES string of the molecule is NS(=O)(=O)c1cnc(NCC(O)c2ccc(-c3ccccc3)cc2)s1. The first-order valence-corrected chi connectivity index (χ1v) is 9.86. The van der Waals surface area contributed by atoms with Gasteiger partial charge >= 0.3 is 0 Å². The van der Waals surface area contributed by atoms with Crippen LogP contribution in [0.15, 0.2) is 65.0 Å². The lowest BCUT2D eigenvalue weighted by molar-refractivity contribution is 0.191. The van der Waals surface area contributed by atoms with Gasteiger partial charge in [0.15, 0.2) is 9.34 Å². The summed E-state index contributed by atoms with van der Waals surface area (Å²) in [5.41, 5.74) is 2.94. The summed E-state index contributed by atoms with van der Waals surface area (Å²) >= 11 is 0.930. The van der Waals surface area contributed by atoms with Crippen LogP contribution >= 0.6 is 11.3 Å². The third-order valence-corrected chi connectivity index (χ3v) is 5.98. The van der Waals surface area contributed by atoms with Crippen molar-refractivity contribution in [2.45, 2.75) is 10.3 Å². The normalized spacial score (nSPS) is 12.7. The highest BCUT2D eigenvalue weighted by atomic mass is 32.2. The Bertz CT molecular complexity index is 939. The predicted molar refractivity (Wildman–Crippen MR) is 98.8 cm³/mol. The van der Waals surface area contributed by atoms with Crippen LogP contribution in [0.4, 0.5) is 5.13 Å². The van der Waals surface area contributed by atoms with Gasteiger partial charge in [0, 0.05) is 6.54 Å². The summed E-state index contributed by atoms with van der Waals surface area (Å²) in [5.74, 6) is 0. The van der Waals surface area contributed by atoms with Gasteiger partial charge in [0.2, 0.25) is 10.0 Å². The molecule has 0 saturated carbocycles. The van der Waals surface area contributed by atoms with E-state index in [1.54, 1.807) is 0 Å². The van der Waals surface area contributed by atoms with Gasteiger partial charge in [0.05, 0.1) is 12.3 Å². The number of rotatable bonds is 6. The fourth-order valence-corrected chi connectivity index (χ4v) is 3.76. The van der Waals surface area contributed by atoms with Crippen molar-refractivity contribution < 1.29 is 13.5 Å². The molecule has 0 amide bonds. The van der Waals surface area contributed by atoms with Gasteiger partial charge in [0.25, 0.3) is 0 Å². The molecule has 25 heavy (non-hydrogen) atoms. The number of primary sulfonamides is 1. The minimum atomic E-state index is -3.75. The molecule has 1 heterocycles. The number of aromatic nitrogens is 1. The molecule has 2 aromatic carbocycles. The van der Waals surface area contributed by atoms with Crippen LogP contribution in [0.1, 0.15) is 11.7 Å². The molecule has 1 aromatic heterocycles. The third kappa shape index (κ3) is 4.43. The number of hydrogen-bond donors (Lipinski definition) is 3. The monoisotopic (exact) mass is 375 g/mol. The Morgan fingerprint density at radius 1 is 1.08 bits per heavy atom. The predicted octanol–water partition coefficient (Wildman–Crippen LogP) is 2.60. The Morgan fingerprint density at radius 2 is 1.72 bits per heavy atom. The molecule has 130 valence electrons. The number of nitrogens with zero attached hydrogens (tertiary/aromatic N) is 1. The highest BCUT2D eigenvalue weighted by Gasteiger charge is 2.14. The number of thiazole rings is 1. The Labute approximate surface area is 150 Å². The van der Waals surface area contributed by atoms with Crippen LogP contribution in [0.2, 0.25) is 0 Å². The van der Waals surface area contributed by atoms with Crippen molar-refractivity contribution in [2.75, 3.05) is 11.9 Å². The molecular weight excluding hydrogens is 358 g/mol. The second-order valence-electron chi connectivity index (χ2n) is 5.41. The van der Waals surface area contributed by atoms with E-state index < -0.39 is 16.1 Å². The summed E-state index contributed by atoms with van der Waals surface area (Å²) in [6.45, 7) is 0.211. The van der Waals surface area contributed by atoms with Gasteiger partial charge in [0.1, 0.15) is 0 Å². The number of nitrogens with one attached hydrogen (secondary N) is 1. The molecule has 3 rings (SSSR count). The molecule has 0 saturated heterocycles. The van der Waals surface area contributed by atoms with Crippen molar-refractivity contribution in [2.24, 2.45) is 5.14 Å². The molecule has 4 N–H and O–H groups in total. The van der Waals surface area contributed by atoms with Crippen molar-refractivity contribution in [3.63, 3.8) is 0 Å². The van der Waals surface area contributed by atoms with Gasteiger partial charge in [-0.15, -0.1) is 0 Å². The maximum Gasteiger partial charge on any atom is 0.249 e. The van der Waals surface area contributed by atoms with Crippen LogP contribution in [0.5, 0.6) is 0 Å². The Balaban J connectivity index is 1.63. The quantitative estimate of drug-likeness (QED) is 0.614. The van der Waals surface area contributed by atoms with Gasteiger partial charge in [-0.25, -0.2) is 18.5 Å². The van der Waals surface area contributed by atoms with E-state index in [4.69, 9.17) is 5.14 Å². The molecule has 3 aromatic rings. The van der Waals surface area contributed by atoms with Gasteiger partial charge in [-0.2, -0.15) is 0 Å².